The maximum absolute atomic E-state index is 6.49. The van der Waals surface area contributed by atoms with Gasteiger partial charge >= 0.3 is 0 Å². The lowest BCUT2D eigenvalue weighted by atomic mass is 9.96. The summed E-state index contributed by atoms with van der Waals surface area (Å²) in [7, 11) is 0. The molecule has 1 fully saturated rings. The number of alkyl halides is 2. The fraction of sp³-hybridized carbons (Fsp3) is 1.00. The van der Waals surface area contributed by atoms with Crippen molar-refractivity contribution in [2.24, 2.45) is 5.92 Å². The molecule has 0 radical (unpaired) electrons. The first-order chi connectivity index (χ1) is 9.42. The van der Waals surface area contributed by atoms with Crippen molar-refractivity contribution in [3.05, 3.63) is 0 Å². The van der Waals surface area contributed by atoms with E-state index in [-0.39, 0.29) is 0 Å². The Hall–Kier alpha value is 1.38. The summed E-state index contributed by atoms with van der Waals surface area (Å²) in [4.78, 5) is 0. The van der Waals surface area contributed by atoms with Crippen LogP contribution in [0.5, 0.6) is 0 Å². The van der Waals surface area contributed by atoms with Gasteiger partial charge in [0.2, 0.25) is 0 Å². The highest BCUT2D eigenvalue weighted by Gasteiger charge is 2.56. The van der Waals surface area contributed by atoms with Crippen LogP contribution in [-0.4, -0.2) is 10.7 Å². The third-order valence-electron chi connectivity index (χ3n) is 4.45. The number of rotatable bonds is 9. The molecule has 20 heavy (non-hydrogen) atoms. The average Bonchev–Trinajstić information content (AvgIpc) is 2.37. The fourth-order valence-corrected chi connectivity index (χ4v) is 7.67. The quantitative estimate of drug-likeness (QED) is 0.168. The highest BCUT2D eigenvalue weighted by Crippen LogP contribution is 2.53. The third-order valence-corrected chi connectivity index (χ3v) is 13.5. The van der Waals surface area contributed by atoms with Gasteiger partial charge in [-0.3, -0.25) is 0 Å². The normalized spacial score (nSPS) is 24.8. The summed E-state index contributed by atoms with van der Waals surface area (Å²) in [5.41, 5.74) is 0. The van der Waals surface area contributed by atoms with Crippen LogP contribution in [0.3, 0.4) is 0 Å². The average molecular weight is 378 g/mol. The molecule has 1 aliphatic heterocycles. The molecule has 1 heterocycles. The van der Waals surface area contributed by atoms with Gasteiger partial charge in [-0.1, -0.05) is 64.7 Å². The van der Waals surface area contributed by atoms with Crippen molar-refractivity contribution in [2.45, 2.75) is 87.6 Å². The first-order valence-electron chi connectivity index (χ1n) is 8.17. The van der Waals surface area contributed by atoms with Gasteiger partial charge in [-0.05, 0) is 24.8 Å². The van der Waals surface area contributed by atoms with Crippen LogP contribution in [0.25, 0.3) is 0 Å². The van der Waals surface area contributed by atoms with Gasteiger partial charge in [0.15, 0.2) is 0 Å². The van der Waals surface area contributed by atoms with Gasteiger partial charge in [-0.25, -0.2) is 0 Å². The van der Waals surface area contributed by atoms with Gasteiger partial charge in [0.25, 0.3) is 6.69 Å². The Labute approximate surface area is 145 Å². The van der Waals surface area contributed by atoms with Crippen LogP contribution in [-0.2, 0) is 0 Å². The second-order valence-electron chi connectivity index (χ2n) is 6.18. The van der Waals surface area contributed by atoms with E-state index in [4.69, 9.17) is 45.4 Å². The maximum Gasteiger partial charge on any atom is 0.286 e. The van der Waals surface area contributed by atoms with Crippen LogP contribution in [0.4, 0.5) is 0 Å². The Kier molecular flexibility index (Phi) is 9.23. The van der Waals surface area contributed by atoms with E-state index in [1.165, 1.54) is 51.4 Å². The van der Waals surface area contributed by atoms with Gasteiger partial charge in [-0.15, -0.1) is 45.4 Å². The van der Waals surface area contributed by atoms with Crippen molar-refractivity contribution in [2.75, 3.05) is 0 Å². The molecule has 1 atom stereocenters. The molecule has 0 aromatic rings. The third kappa shape index (κ3) is 5.87. The first kappa shape index (κ1) is 19.4. The van der Waals surface area contributed by atoms with Gasteiger partial charge < -0.3 is 0 Å². The zero-order valence-electron chi connectivity index (χ0n) is 12.6. The molecule has 0 bridgehead atoms. The molecular weight excluding hydrogens is 350 g/mol. The molecule has 120 valence electrons. The summed E-state index contributed by atoms with van der Waals surface area (Å²) < 4.78 is -0.852. The lowest BCUT2D eigenvalue weighted by molar-refractivity contribution is 0.405. The number of halogens is 4. The van der Waals surface area contributed by atoms with Crippen LogP contribution in [0.1, 0.15) is 77.6 Å². The largest absolute Gasteiger partial charge is 0.286 e. The Bertz CT molecular complexity index is 269. The molecule has 0 N–H and O–H groups in total. The van der Waals surface area contributed by atoms with Crippen molar-refractivity contribution < 1.29 is 0 Å². The predicted molar refractivity (Wildman–Crippen MR) is 96.7 cm³/mol. The van der Waals surface area contributed by atoms with Crippen LogP contribution in [0, 0.1) is 5.92 Å². The van der Waals surface area contributed by atoms with Gasteiger partial charge in [-0.2, -0.15) is 0 Å². The number of hydrogen-bond donors (Lipinski definition) is 0. The van der Waals surface area contributed by atoms with E-state index in [2.05, 4.69) is 6.92 Å². The van der Waals surface area contributed by atoms with Crippen molar-refractivity contribution in [1.82, 2.24) is 0 Å². The minimum Gasteiger partial charge on any atom is -0.143 e. The summed E-state index contributed by atoms with van der Waals surface area (Å²) in [6, 6.07) is 0.830. The lowest BCUT2D eigenvalue weighted by Gasteiger charge is -2.41. The van der Waals surface area contributed by atoms with Crippen molar-refractivity contribution in [3.63, 3.8) is 0 Å². The van der Waals surface area contributed by atoms with E-state index in [0.717, 1.165) is 25.3 Å². The smallest absolute Gasteiger partial charge is 0.143 e. The van der Waals surface area contributed by atoms with Gasteiger partial charge in [0, 0.05) is 0 Å². The minimum atomic E-state index is -2.50. The lowest BCUT2D eigenvalue weighted by Crippen LogP contribution is -2.50. The van der Waals surface area contributed by atoms with Crippen molar-refractivity contribution in [3.8, 4) is 0 Å². The summed E-state index contributed by atoms with van der Waals surface area (Å²) in [6.45, 7) is -0.240. The van der Waals surface area contributed by atoms with E-state index < -0.39 is 10.7 Å². The molecule has 0 aliphatic carbocycles. The molecule has 5 heteroatoms. The fourth-order valence-electron chi connectivity index (χ4n) is 3.07. The molecular formula is C15H28Cl4Si. The highest BCUT2D eigenvalue weighted by molar-refractivity contribution is 7.50. The second kappa shape index (κ2) is 9.50. The Morgan fingerprint density at radius 2 is 1.50 bits per heavy atom. The highest BCUT2D eigenvalue weighted by atomic mass is 35.7. The van der Waals surface area contributed by atoms with Crippen LogP contribution >= 0.6 is 45.4 Å². The predicted octanol–water partition coefficient (Wildman–Crippen LogP) is 7.56. The summed E-state index contributed by atoms with van der Waals surface area (Å²) in [6.07, 6.45) is 13.9. The molecule has 0 saturated carbocycles. The van der Waals surface area contributed by atoms with E-state index in [1.807, 2.05) is 0 Å². The van der Waals surface area contributed by atoms with Gasteiger partial charge in [0.1, 0.15) is 3.96 Å². The Morgan fingerprint density at radius 3 is 2.10 bits per heavy atom. The number of hydrogen-bond acceptors (Lipinski definition) is 0. The standard InChI is InChI=1S/C15H28Cl4Si/c1-2-3-4-5-6-7-8-9-11-14-12-10-13-20(18,19)15(14,16)17/h14H,2-13H2,1H3. The van der Waals surface area contributed by atoms with Crippen molar-refractivity contribution in [1.29, 1.82) is 0 Å². The molecule has 1 aliphatic rings. The van der Waals surface area contributed by atoms with Gasteiger partial charge in [0.05, 0.1) is 0 Å². The molecule has 0 amide bonds. The Morgan fingerprint density at radius 1 is 0.950 bits per heavy atom. The molecule has 0 aromatic carbocycles. The second-order valence-corrected chi connectivity index (χ2v) is 15.3. The SMILES string of the molecule is CCCCCCCCCCC1CCC[Si](Cl)(Cl)C1(Cl)Cl. The zero-order chi connectivity index (χ0) is 15.1. The molecule has 1 saturated heterocycles. The maximum atomic E-state index is 6.49. The number of unbranched alkanes of at least 4 members (excludes halogenated alkanes) is 7. The van der Waals surface area contributed by atoms with E-state index >= 15 is 0 Å². The molecule has 0 nitrogen and oxygen atoms in total. The summed E-state index contributed by atoms with van der Waals surface area (Å²) >= 11 is 25.8. The zero-order valence-corrected chi connectivity index (χ0v) is 16.6. The molecule has 0 spiro atoms. The monoisotopic (exact) mass is 376 g/mol. The van der Waals surface area contributed by atoms with Crippen LogP contribution in [0.15, 0.2) is 0 Å². The summed E-state index contributed by atoms with van der Waals surface area (Å²) in [5, 5.41) is 0. The van der Waals surface area contributed by atoms with E-state index in [9.17, 15) is 0 Å². The molecule has 1 unspecified atom stereocenters. The summed E-state index contributed by atoms with van der Waals surface area (Å²) in [5.74, 6) is 0.293. The minimum absolute atomic E-state index is 0.293. The van der Waals surface area contributed by atoms with E-state index in [0.29, 0.717) is 5.92 Å². The van der Waals surface area contributed by atoms with E-state index in [1.54, 1.807) is 0 Å². The Balaban J connectivity index is 2.15. The van der Waals surface area contributed by atoms with Crippen molar-refractivity contribution >= 4 is 52.1 Å². The molecule has 0 aromatic heterocycles. The topological polar surface area (TPSA) is 0 Å². The first-order valence-corrected chi connectivity index (χ1v) is 13.2. The molecule has 1 rings (SSSR count). The van der Waals surface area contributed by atoms with Crippen LogP contribution in [0.2, 0.25) is 6.04 Å². The van der Waals surface area contributed by atoms with Crippen LogP contribution < -0.4 is 0 Å².